The van der Waals surface area contributed by atoms with Gasteiger partial charge in [0.25, 0.3) is 0 Å². The van der Waals surface area contributed by atoms with E-state index in [9.17, 15) is 4.39 Å². The Morgan fingerprint density at radius 3 is 2.30 bits per heavy atom. The van der Waals surface area contributed by atoms with Crippen LogP contribution < -0.4 is 4.74 Å². The lowest BCUT2D eigenvalue weighted by Gasteiger charge is -2.24. The molecule has 106 valence electrons. The molecule has 0 fully saturated rings. The van der Waals surface area contributed by atoms with Gasteiger partial charge in [-0.15, -0.1) is 0 Å². The van der Waals surface area contributed by atoms with E-state index < -0.39 is 0 Å². The first-order chi connectivity index (χ1) is 9.32. The van der Waals surface area contributed by atoms with Crippen LogP contribution in [0, 0.1) is 12.7 Å². The Morgan fingerprint density at radius 1 is 1.10 bits per heavy atom. The maximum absolute atomic E-state index is 13.9. The lowest BCUT2D eigenvalue weighted by atomic mass is 9.84. The van der Waals surface area contributed by atoms with Gasteiger partial charge < -0.3 is 4.74 Å². The van der Waals surface area contributed by atoms with Crippen molar-refractivity contribution in [3.8, 4) is 17.0 Å². The highest BCUT2D eigenvalue weighted by atomic mass is 19.1. The summed E-state index contributed by atoms with van der Waals surface area (Å²) in [7, 11) is 1.59. The number of hydrogen-bond acceptors (Lipinski definition) is 3. The summed E-state index contributed by atoms with van der Waals surface area (Å²) in [4.78, 5) is 8.52. The molecule has 0 spiro atoms. The van der Waals surface area contributed by atoms with E-state index in [1.54, 1.807) is 19.5 Å². The molecule has 0 radical (unpaired) electrons. The van der Waals surface area contributed by atoms with Crippen LogP contribution in [0.15, 0.2) is 24.5 Å². The maximum atomic E-state index is 13.9. The van der Waals surface area contributed by atoms with Gasteiger partial charge in [0.2, 0.25) is 0 Å². The average Bonchev–Trinajstić information content (AvgIpc) is 2.37. The summed E-state index contributed by atoms with van der Waals surface area (Å²) in [5.74, 6) is 0.352. The molecule has 0 aliphatic heterocycles. The fraction of sp³-hybridized carbons (Fsp3) is 0.375. The summed E-state index contributed by atoms with van der Waals surface area (Å²) in [6, 6.07) is 2.96. The molecule has 1 aromatic carbocycles. The van der Waals surface area contributed by atoms with E-state index in [1.807, 2.05) is 27.7 Å². The van der Waals surface area contributed by atoms with Crippen LogP contribution in [-0.2, 0) is 5.41 Å². The third-order valence-corrected chi connectivity index (χ3v) is 3.12. The smallest absolute Gasteiger partial charge is 0.132 e. The SMILES string of the molecule is COc1c(-c2cnc(C)cn2)cc(F)cc1C(C)(C)C. The van der Waals surface area contributed by atoms with E-state index in [0.717, 1.165) is 11.3 Å². The molecule has 0 saturated heterocycles. The molecule has 0 aliphatic rings. The van der Waals surface area contributed by atoms with Crippen LogP contribution in [0.3, 0.4) is 0 Å². The van der Waals surface area contributed by atoms with Crippen molar-refractivity contribution in [1.29, 1.82) is 0 Å². The normalized spacial score (nSPS) is 11.5. The third kappa shape index (κ3) is 2.79. The van der Waals surface area contributed by atoms with Crippen molar-refractivity contribution in [2.45, 2.75) is 33.1 Å². The fourth-order valence-corrected chi connectivity index (χ4v) is 2.09. The molecule has 0 aliphatic carbocycles. The number of aryl methyl sites for hydroxylation is 1. The van der Waals surface area contributed by atoms with Crippen LogP contribution in [0.2, 0.25) is 0 Å². The van der Waals surface area contributed by atoms with E-state index in [2.05, 4.69) is 9.97 Å². The molecular formula is C16H19FN2O. The zero-order valence-corrected chi connectivity index (χ0v) is 12.5. The maximum Gasteiger partial charge on any atom is 0.132 e. The van der Waals surface area contributed by atoms with Crippen molar-refractivity contribution in [1.82, 2.24) is 9.97 Å². The van der Waals surface area contributed by atoms with E-state index >= 15 is 0 Å². The molecule has 2 aromatic rings. The monoisotopic (exact) mass is 274 g/mol. The summed E-state index contributed by atoms with van der Waals surface area (Å²) in [6.45, 7) is 7.93. The minimum Gasteiger partial charge on any atom is -0.496 e. The number of benzene rings is 1. The molecule has 0 bridgehead atoms. The van der Waals surface area contributed by atoms with Gasteiger partial charge in [-0.1, -0.05) is 20.8 Å². The summed E-state index contributed by atoms with van der Waals surface area (Å²) in [6.07, 6.45) is 3.30. The number of nitrogens with zero attached hydrogens (tertiary/aromatic N) is 2. The summed E-state index contributed by atoms with van der Waals surface area (Å²) in [5, 5.41) is 0. The Hall–Kier alpha value is -1.97. The minimum atomic E-state index is -0.298. The van der Waals surface area contributed by atoms with Gasteiger partial charge in [-0.05, 0) is 24.5 Å². The minimum absolute atomic E-state index is 0.222. The van der Waals surface area contributed by atoms with E-state index in [0.29, 0.717) is 17.0 Å². The van der Waals surface area contributed by atoms with Crippen LogP contribution in [0.1, 0.15) is 32.0 Å². The molecule has 0 saturated carbocycles. The van der Waals surface area contributed by atoms with Gasteiger partial charge in [-0.2, -0.15) is 0 Å². The fourth-order valence-electron chi connectivity index (χ4n) is 2.09. The number of rotatable bonds is 2. The second kappa shape index (κ2) is 5.19. The van der Waals surface area contributed by atoms with Gasteiger partial charge in [0.05, 0.1) is 24.7 Å². The predicted octanol–water partition coefficient (Wildman–Crippen LogP) is 3.90. The Balaban J connectivity index is 2.69. The molecule has 1 heterocycles. The second-order valence-corrected chi connectivity index (χ2v) is 5.83. The molecule has 0 amide bonds. The summed E-state index contributed by atoms with van der Waals surface area (Å²) in [5.41, 5.74) is 2.65. The van der Waals surface area contributed by atoms with Crippen LogP contribution in [0.25, 0.3) is 11.3 Å². The molecule has 4 heteroatoms. The van der Waals surface area contributed by atoms with Crippen molar-refractivity contribution in [3.05, 3.63) is 41.6 Å². The third-order valence-electron chi connectivity index (χ3n) is 3.12. The van der Waals surface area contributed by atoms with Crippen molar-refractivity contribution >= 4 is 0 Å². The van der Waals surface area contributed by atoms with E-state index in [1.165, 1.54) is 12.1 Å². The molecule has 0 N–H and O–H groups in total. The molecule has 1 aromatic heterocycles. The topological polar surface area (TPSA) is 35.0 Å². The van der Waals surface area contributed by atoms with Crippen LogP contribution >= 0.6 is 0 Å². The Kier molecular flexibility index (Phi) is 3.75. The van der Waals surface area contributed by atoms with Gasteiger partial charge in [-0.3, -0.25) is 9.97 Å². The van der Waals surface area contributed by atoms with Crippen molar-refractivity contribution in [3.63, 3.8) is 0 Å². The number of halogens is 1. The van der Waals surface area contributed by atoms with Gasteiger partial charge in [0.15, 0.2) is 0 Å². The Morgan fingerprint density at radius 2 is 1.80 bits per heavy atom. The van der Waals surface area contributed by atoms with Crippen LogP contribution in [0.4, 0.5) is 4.39 Å². The molecular weight excluding hydrogens is 255 g/mol. The van der Waals surface area contributed by atoms with Crippen LogP contribution in [0.5, 0.6) is 5.75 Å². The first-order valence-electron chi connectivity index (χ1n) is 6.50. The molecule has 2 rings (SSSR count). The largest absolute Gasteiger partial charge is 0.496 e. The predicted molar refractivity (Wildman–Crippen MR) is 77.4 cm³/mol. The van der Waals surface area contributed by atoms with Gasteiger partial charge >= 0.3 is 0 Å². The lowest BCUT2D eigenvalue weighted by molar-refractivity contribution is 0.397. The van der Waals surface area contributed by atoms with Crippen molar-refractivity contribution in [2.24, 2.45) is 0 Å². The summed E-state index contributed by atoms with van der Waals surface area (Å²) < 4.78 is 19.4. The Labute approximate surface area is 118 Å². The first kappa shape index (κ1) is 14.4. The number of methoxy groups -OCH3 is 1. The van der Waals surface area contributed by atoms with Crippen molar-refractivity contribution in [2.75, 3.05) is 7.11 Å². The van der Waals surface area contributed by atoms with Gasteiger partial charge in [0.1, 0.15) is 11.6 Å². The number of hydrogen-bond donors (Lipinski definition) is 0. The van der Waals surface area contributed by atoms with E-state index in [4.69, 9.17) is 4.74 Å². The highest BCUT2D eigenvalue weighted by molar-refractivity contribution is 5.69. The lowest BCUT2D eigenvalue weighted by Crippen LogP contribution is -2.14. The molecule has 0 atom stereocenters. The van der Waals surface area contributed by atoms with Gasteiger partial charge in [-0.25, -0.2) is 4.39 Å². The van der Waals surface area contributed by atoms with Gasteiger partial charge in [0, 0.05) is 17.3 Å². The van der Waals surface area contributed by atoms with E-state index in [-0.39, 0.29) is 11.2 Å². The molecule has 20 heavy (non-hydrogen) atoms. The van der Waals surface area contributed by atoms with Crippen LogP contribution in [-0.4, -0.2) is 17.1 Å². The molecule has 3 nitrogen and oxygen atoms in total. The first-order valence-corrected chi connectivity index (χ1v) is 6.50. The quantitative estimate of drug-likeness (QED) is 0.833. The molecule has 0 unspecified atom stereocenters. The second-order valence-electron chi connectivity index (χ2n) is 5.83. The zero-order chi connectivity index (χ0) is 14.9. The summed E-state index contributed by atoms with van der Waals surface area (Å²) >= 11 is 0. The van der Waals surface area contributed by atoms with Crippen molar-refractivity contribution < 1.29 is 9.13 Å². The number of ether oxygens (including phenoxy) is 1. The Bertz CT molecular complexity index is 616. The highest BCUT2D eigenvalue weighted by Crippen LogP contribution is 2.39. The average molecular weight is 274 g/mol. The number of aromatic nitrogens is 2. The zero-order valence-electron chi connectivity index (χ0n) is 12.5. The highest BCUT2D eigenvalue weighted by Gasteiger charge is 2.23. The standard InChI is InChI=1S/C16H19FN2O/c1-10-8-19-14(9-18-10)12-6-11(17)7-13(15(12)20-5)16(2,3)4/h6-9H,1-5H3.